The van der Waals surface area contributed by atoms with Crippen molar-refractivity contribution in [3.63, 3.8) is 0 Å². The van der Waals surface area contributed by atoms with E-state index in [2.05, 4.69) is 17.9 Å². The van der Waals surface area contributed by atoms with Gasteiger partial charge >= 0.3 is 130 Å². The minimum atomic E-state index is -0.0767. The number of ether oxygens (including phenoxy) is 6. The van der Waals surface area contributed by atoms with Crippen LogP contribution in [0.25, 0.3) is 11.3 Å². The Bertz CT molecular complexity index is 722. The van der Waals surface area contributed by atoms with Gasteiger partial charge < -0.3 is 28.4 Å². The van der Waals surface area contributed by atoms with Crippen molar-refractivity contribution in [2.75, 3.05) is 79.3 Å². The minimum absolute atomic E-state index is 0. The van der Waals surface area contributed by atoms with E-state index in [1.54, 1.807) is 0 Å². The number of fused-ring (bicyclic) bond motifs is 1. The Kier molecular flexibility index (Phi) is 18.5. The smallest absolute Gasteiger partial charge is 1.00 e. The van der Waals surface area contributed by atoms with Gasteiger partial charge in [-0.15, -0.1) is 0 Å². The van der Waals surface area contributed by atoms with Gasteiger partial charge in [0.25, 0.3) is 0 Å². The third-order valence-electron chi connectivity index (χ3n) is 3.66. The van der Waals surface area contributed by atoms with Crippen molar-refractivity contribution in [3.05, 3.63) is 11.4 Å². The van der Waals surface area contributed by atoms with Gasteiger partial charge in [0.1, 0.15) is 0 Å². The topological polar surface area (TPSA) is 157 Å². The van der Waals surface area contributed by atoms with Gasteiger partial charge in [0, 0.05) is 0 Å². The molecule has 0 atom stereocenters. The molecule has 0 unspecified atom stereocenters. The molecule has 0 aromatic carbocycles. The molecule has 1 aliphatic heterocycles. The van der Waals surface area contributed by atoms with Crippen molar-refractivity contribution in [3.8, 4) is 12.1 Å². The molecule has 0 aliphatic carbocycles. The van der Waals surface area contributed by atoms with E-state index in [1.165, 1.54) is 0 Å². The summed E-state index contributed by atoms with van der Waals surface area (Å²) in [5.41, 5.74) is 1.36. The fraction of sp³-hybridized carbons (Fsp3) is 0.667. The Morgan fingerprint density at radius 1 is 0.688 bits per heavy atom. The van der Waals surface area contributed by atoms with Gasteiger partial charge in [-0.3, -0.25) is 0 Å². The van der Waals surface area contributed by atoms with Gasteiger partial charge in [-0.25, -0.2) is 0 Å². The van der Waals surface area contributed by atoms with Crippen LogP contribution >= 0.6 is 0 Å². The number of hydrogen-bond donors (Lipinski definition) is 0. The van der Waals surface area contributed by atoms with Gasteiger partial charge in [0.05, 0.1) is 79.3 Å². The Labute approximate surface area is 235 Å². The standard InChI is InChI=1S/C12H24O6.C6N6Se.K/c1-2-14-5-6-16-9-10-18-12-11-17-8-7-15-4-3-13-1;7-1-3-4(2-8)10-6-5(9-3)11-13-12-6;/h1-12H2;;/q;;+1/p+2. The van der Waals surface area contributed by atoms with Gasteiger partial charge in [0.15, 0.2) is 0 Å². The number of aromatic nitrogens is 4. The molecular weight excluding hydrogens is 514 g/mol. The van der Waals surface area contributed by atoms with E-state index in [9.17, 15) is 0 Å². The van der Waals surface area contributed by atoms with Crippen molar-refractivity contribution in [1.82, 2.24) is 8.96 Å². The predicted molar refractivity (Wildman–Crippen MR) is 104 cm³/mol. The molecule has 3 rings (SSSR count). The van der Waals surface area contributed by atoms with Crippen LogP contribution in [0.3, 0.4) is 0 Å². The Balaban J connectivity index is 0.000000324. The first-order valence-corrected chi connectivity index (χ1v) is 11.3. The fourth-order valence-electron chi connectivity index (χ4n) is 2.19. The second-order valence-corrected chi connectivity index (χ2v) is 7.04. The predicted octanol–water partition coefficient (Wildman–Crippen LogP) is -4.84. The monoisotopic (exact) mass is 541 g/mol. The van der Waals surface area contributed by atoms with Crippen LogP contribution in [0.5, 0.6) is 0 Å². The van der Waals surface area contributed by atoms with Crippen LogP contribution in [0, 0.1) is 22.7 Å². The number of hydrogen-bond acceptors (Lipinski definition) is 10. The normalized spacial score (nSPS) is 17.3. The maximum Gasteiger partial charge on any atom is 1.00 e. The second kappa shape index (κ2) is 20.0. The van der Waals surface area contributed by atoms with E-state index in [1.807, 2.05) is 12.1 Å². The Morgan fingerprint density at radius 3 is 1.44 bits per heavy atom. The number of nitrogens with zero attached hydrogens (tertiary/aromatic N) is 4. The summed E-state index contributed by atoms with van der Waals surface area (Å²) in [6.07, 6.45) is 0. The zero-order chi connectivity index (χ0) is 22.0. The summed E-state index contributed by atoms with van der Waals surface area (Å²) in [7, 11) is 0. The molecule has 12 nitrogen and oxygen atoms in total. The number of aromatic amines is 2. The second-order valence-electron chi connectivity index (χ2n) is 5.84. The van der Waals surface area contributed by atoms with Gasteiger partial charge in [-0.2, -0.15) is 0 Å². The molecule has 0 spiro atoms. The molecule has 1 saturated heterocycles. The number of nitrogens with one attached hydrogen (secondary N) is 2. The van der Waals surface area contributed by atoms with Gasteiger partial charge in [0.2, 0.25) is 0 Å². The SMILES string of the molecule is C1COCCOCCOCCOCCOCCO1.N#Cc1nc2n[se][nH+]c2[nH+]c1C#N.[K+]. The molecule has 3 heterocycles. The van der Waals surface area contributed by atoms with E-state index in [0.29, 0.717) is 90.6 Å². The molecule has 1 fully saturated rings. The summed E-state index contributed by atoms with van der Waals surface area (Å²) in [6, 6.07) is 3.69. The molecule has 0 saturated carbocycles. The summed E-state index contributed by atoms with van der Waals surface area (Å²) in [6.45, 7) is 7.04. The molecule has 0 bridgehead atoms. The van der Waals surface area contributed by atoms with Crippen molar-refractivity contribution >= 4 is 26.3 Å². The summed E-state index contributed by atoms with van der Waals surface area (Å²) >= 11 is -0.0767. The first-order chi connectivity index (χ1) is 15.3. The van der Waals surface area contributed by atoms with E-state index >= 15 is 0 Å². The first kappa shape index (κ1) is 29.6. The Hall–Kier alpha value is -0.424. The average Bonchev–Trinajstić information content (AvgIpc) is 3.26. The van der Waals surface area contributed by atoms with Crippen LogP contribution in [0.2, 0.25) is 0 Å². The van der Waals surface area contributed by atoms with Crippen LogP contribution in [0.4, 0.5) is 0 Å². The van der Waals surface area contributed by atoms with Crippen LogP contribution in [-0.4, -0.2) is 103 Å². The summed E-state index contributed by atoms with van der Waals surface area (Å²) in [4.78, 5) is 6.67. The molecule has 1 aliphatic rings. The number of nitriles is 2. The summed E-state index contributed by atoms with van der Waals surface area (Å²) in [5, 5.41) is 17.3. The van der Waals surface area contributed by atoms with E-state index in [4.69, 9.17) is 38.9 Å². The average molecular weight is 540 g/mol. The van der Waals surface area contributed by atoms with Crippen LogP contribution in [0.1, 0.15) is 11.4 Å². The van der Waals surface area contributed by atoms with Crippen molar-refractivity contribution < 1.29 is 88.8 Å². The molecule has 168 valence electrons. The molecule has 2 aromatic rings. The third kappa shape index (κ3) is 12.7. The molecule has 14 heteroatoms. The van der Waals surface area contributed by atoms with Crippen molar-refractivity contribution in [1.29, 1.82) is 10.5 Å². The van der Waals surface area contributed by atoms with Crippen LogP contribution < -0.4 is 60.3 Å². The van der Waals surface area contributed by atoms with Crippen molar-refractivity contribution in [2.45, 2.75) is 0 Å². The Morgan fingerprint density at radius 2 is 1.09 bits per heavy atom. The largest absolute Gasteiger partial charge is 1.00 e. The fourth-order valence-corrected chi connectivity index (χ4v) is 3.23. The molecular formula is C18H26KN6O6Se+3. The van der Waals surface area contributed by atoms with E-state index in [-0.39, 0.29) is 77.7 Å². The van der Waals surface area contributed by atoms with Gasteiger partial charge in [-0.05, 0) is 0 Å². The van der Waals surface area contributed by atoms with Crippen LogP contribution in [-0.2, 0) is 28.4 Å². The van der Waals surface area contributed by atoms with Crippen LogP contribution in [0.15, 0.2) is 0 Å². The summed E-state index contributed by atoms with van der Waals surface area (Å²) < 4.78 is 38.9. The third-order valence-corrected chi connectivity index (χ3v) is 4.83. The van der Waals surface area contributed by atoms with Gasteiger partial charge in [-0.1, -0.05) is 0 Å². The maximum atomic E-state index is 8.66. The minimum Gasteiger partial charge on any atom is 1.00 e. The molecule has 2 aromatic heterocycles. The quantitative estimate of drug-likeness (QED) is 0.297. The molecule has 32 heavy (non-hydrogen) atoms. The first-order valence-electron chi connectivity index (χ1n) is 9.72. The molecule has 2 N–H and O–H groups in total. The zero-order valence-electron chi connectivity index (χ0n) is 18.1. The zero-order valence-corrected chi connectivity index (χ0v) is 23.0. The van der Waals surface area contributed by atoms with E-state index < -0.39 is 0 Å². The van der Waals surface area contributed by atoms with Crippen molar-refractivity contribution in [2.24, 2.45) is 0 Å². The molecule has 0 radical (unpaired) electrons. The summed E-state index contributed by atoms with van der Waals surface area (Å²) in [5.74, 6) is 0. The number of rotatable bonds is 0. The maximum absolute atomic E-state index is 8.66. The van der Waals surface area contributed by atoms with E-state index in [0.717, 1.165) is 0 Å². The molecule has 0 amide bonds. The number of H-pyrrole nitrogens is 2.